The molecule has 1 heterocycles. The molecule has 4 nitrogen and oxygen atoms in total. The minimum absolute atomic E-state index is 0.0422. The third-order valence-corrected chi connectivity index (χ3v) is 3.34. The number of halogens is 3. The molecule has 2 rings (SSSR count). The van der Waals surface area contributed by atoms with Crippen molar-refractivity contribution < 1.29 is 23.1 Å². The van der Waals surface area contributed by atoms with Gasteiger partial charge in [0.15, 0.2) is 0 Å². The maximum atomic E-state index is 13.8. The SMILES string of the molecule is O=C(O)N1CC[C@@H](NCc2ccc(F)cc2)C(F)(F)C1. The van der Waals surface area contributed by atoms with Gasteiger partial charge in [0.25, 0.3) is 5.92 Å². The van der Waals surface area contributed by atoms with E-state index in [1.807, 2.05) is 0 Å². The molecule has 2 N–H and O–H groups in total. The van der Waals surface area contributed by atoms with Crippen LogP contribution in [-0.4, -0.2) is 41.2 Å². The number of nitrogens with one attached hydrogen (secondary N) is 1. The van der Waals surface area contributed by atoms with E-state index in [2.05, 4.69) is 5.32 Å². The van der Waals surface area contributed by atoms with E-state index < -0.39 is 24.6 Å². The Morgan fingerprint density at radius 1 is 1.40 bits per heavy atom. The van der Waals surface area contributed by atoms with Crippen LogP contribution in [0.4, 0.5) is 18.0 Å². The lowest BCUT2D eigenvalue weighted by Crippen LogP contribution is -2.57. The Morgan fingerprint density at radius 3 is 2.60 bits per heavy atom. The van der Waals surface area contributed by atoms with Crippen LogP contribution in [0.3, 0.4) is 0 Å². The molecule has 0 aromatic heterocycles. The minimum Gasteiger partial charge on any atom is -0.465 e. The molecule has 1 amide bonds. The molecule has 1 atom stereocenters. The Bertz CT molecular complexity index is 479. The van der Waals surface area contributed by atoms with E-state index in [0.29, 0.717) is 5.56 Å². The van der Waals surface area contributed by atoms with Crippen molar-refractivity contribution in [2.24, 2.45) is 0 Å². The topological polar surface area (TPSA) is 52.6 Å². The second-order valence-corrected chi connectivity index (χ2v) is 4.81. The zero-order chi connectivity index (χ0) is 14.8. The fourth-order valence-corrected chi connectivity index (χ4v) is 2.20. The molecule has 20 heavy (non-hydrogen) atoms. The van der Waals surface area contributed by atoms with Gasteiger partial charge in [-0.05, 0) is 24.1 Å². The van der Waals surface area contributed by atoms with Gasteiger partial charge in [0, 0.05) is 13.1 Å². The molecule has 0 spiro atoms. The Labute approximate surface area is 114 Å². The van der Waals surface area contributed by atoms with Crippen LogP contribution in [0.1, 0.15) is 12.0 Å². The summed E-state index contributed by atoms with van der Waals surface area (Å²) in [7, 11) is 0. The molecule has 1 aliphatic heterocycles. The molecule has 1 saturated heterocycles. The third-order valence-electron chi connectivity index (χ3n) is 3.34. The number of carbonyl (C=O) groups is 1. The van der Waals surface area contributed by atoms with E-state index in [1.165, 1.54) is 24.3 Å². The molecule has 0 radical (unpaired) electrons. The molecule has 1 aromatic rings. The molecule has 1 fully saturated rings. The molecular weight excluding hydrogens is 273 g/mol. The van der Waals surface area contributed by atoms with Crippen molar-refractivity contribution in [2.45, 2.75) is 24.9 Å². The van der Waals surface area contributed by atoms with Gasteiger partial charge in [-0.1, -0.05) is 12.1 Å². The monoisotopic (exact) mass is 288 g/mol. The van der Waals surface area contributed by atoms with Crippen molar-refractivity contribution in [3.63, 3.8) is 0 Å². The van der Waals surface area contributed by atoms with Gasteiger partial charge in [-0.25, -0.2) is 18.0 Å². The molecular formula is C13H15F3N2O2. The molecule has 1 aliphatic rings. The highest BCUT2D eigenvalue weighted by molar-refractivity contribution is 5.65. The number of nitrogens with zero attached hydrogens (tertiary/aromatic N) is 1. The van der Waals surface area contributed by atoms with E-state index in [0.717, 1.165) is 4.90 Å². The molecule has 0 bridgehead atoms. The van der Waals surface area contributed by atoms with Crippen LogP contribution in [-0.2, 0) is 6.54 Å². The lowest BCUT2D eigenvalue weighted by Gasteiger charge is -2.37. The van der Waals surface area contributed by atoms with Gasteiger partial charge in [-0.2, -0.15) is 0 Å². The van der Waals surface area contributed by atoms with Gasteiger partial charge in [0.1, 0.15) is 5.82 Å². The zero-order valence-electron chi connectivity index (χ0n) is 10.7. The highest BCUT2D eigenvalue weighted by atomic mass is 19.3. The van der Waals surface area contributed by atoms with E-state index in [4.69, 9.17) is 5.11 Å². The summed E-state index contributed by atoms with van der Waals surface area (Å²) < 4.78 is 40.4. The van der Waals surface area contributed by atoms with Crippen molar-refractivity contribution >= 4 is 6.09 Å². The van der Waals surface area contributed by atoms with Crippen LogP contribution >= 0.6 is 0 Å². The first-order valence-corrected chi connectivity index (χ1v) is 6.22. The summed E-state index contributed by atoms with van der Waals surface area (Å²) in [5.74, 6) is -3.50. The van der Waals surface area contributed by atoms with E-state index in [-0.39, 0.29) is 25.3 Å². The lowest BCUT2D eigenvalue weighted by atomic mass is 10.0. The van der Waals surface area contributed by atoms with Crippen molar-refractivity contribution in [3.05, 3.63) is 35.6 Å². The van der Waals surface area contributed by atoms with Crippen molar-refractivity contribution in [1.29, 1.82) is 0 Å². The highest BCUT2D eigenvalue weighted by Gasteiger charge is 2.45. The number of amides is 1. The van der Waals surface area contributed by atoms with Crippen LogP contribution in [0.25, 0.3) is 0 Å². The summed E-state index contributed by atoms with van der Waals surface area (Å²) in [6.45, 7) is -0.539. The van der Waals surface area contributed by atoms with Crippen LogP contribution < -0.4 is 5.32 Å². The summed E-state index contributed by atoms with van der Waals surface area (Å²) in [5, 5.41) is 11.4. The minimum atomic E-state index is -3.11. The van der Waals surface area contributed by atoms with Gasteiger partial charge < -0.3 is 15.3 Å². The molecule has 0 saturated carbocycles. The normalized spacial score (nSPS) is 21.8. The van der Waals surface area contributed by atoms with Crippen LogP contribution in [0.2, 0.25) is 0 Å². The molecule has 0 aliphatic carbocycles. The fourth-order valence-electron chi connectivity index (χ4n) is 2.20. The second kappa shape index (κ2) is 5.70. The summed E-state index contributed by atoms with van der Waals surface area (Å²) >= 11 is 0. The Balaban J connectivity index is 1.93. The van der Waals surface area contributed by atoms with Gasteiger partial charge in [0.05, 0.1) is 12.6 Å². The largest absolute Gasteiger partial charge is 0.465 e. The molecule has 110 valence electrons. The predicted octanol–water partition coefficient (Wildman–Crippen LogP) is 2.30. The number of benzene rings is 1. The molecule has 7 heteroatoms. The van der Waals surface area contributed by atoms with Gasteiger partial charge in [-0.3, -0.25) is 0 Å². The number of piperidine rings is 1. The van der Waals surface area contributed by atoms with E-state index in [1.54, 1.807) is 0 Å². The van der Waals surface area contributed by atoms with E-state index >= 15 is 0 Å². The first kappa shape index (κ1) is 14.6. The van der Waals surface area contributed by atoms with Crippen LogP contribution in [0, 0.1) is 5.82 Å². The van der Waals surface area contributed by atoms with Crippen molar-refractivity contribution in [1.82, 2.24) is 10.2 Å². The fraction of sp³-hybridized carbons (Fsp3) is 0.462. The predicted molar refractivity (Wildman–Crippen MR) is 66.2 cm³/mol. The number of likely N-dealkylation sites (tertiary alicyclic amines) is 1. The Hall–Kier alpha value is -1.76. The highest BCUT2D eigenvalue weighted by Crippen LogP contribution is 2.27. The quantitative estimate of drug-likeness (QED) is 0.897. The van der Waals surface area contributed by atoms with E-state index in [9.17, 15) is 18.0 Å². The smallest absolute Gasteiger partial charge is 0.407 e. The average molecular weight is 288 g/mol. The van der Waals surface area contributed by atoms with Gasteiger partial charge in [-0.15, -0.1) is 0 Å². The van der Waals surface area contributed by atoms with Crippen LogP contribution in [0.5, 0.6) is 0 Å². The molecule has 0 unspecified atom stereocenters. The van der Waals surface area contributed by atoms with Crippen LogP contribution in [0.15, 0.2) is 24.3 Å². The Kier molecular flexibility index (Phi) is 4.17. The third kappa shape index (κ3) is 3.41. The zero-order valence-corrected chi connectivity index (χ0v) is 10.7. The summed E-state index contributed by atoms with van der Waals surface area (Å²) in [4.78, 5) is 11.4. The number of alkyl halides is 2. The standard InChI is InChI=1S/C13H15F3N2O2/c14-10-3-1-9(2-4-10)7-17-11-5-6-18(12(19)20)8-13(11,15)16/h1-4,11,17H,5-8H2,(H,19,20)/t11-/m1/s1. The summed E-state index contributed by atoms with van der Waals surface area (Å²) in [6.07, 6.45) is -1.29. The molecule has 1 aromatic carbocycles. The van der Waals surface area contributed by atoms with Crippen molar-refractivity contribution in [3.8, 4) is 0 Å². The van der Waals surface area contributed by atoms with Crippen molar-refractivity contribution in [2.75, 3.05) is 13.1 Å². The number of hydrogen-bond acceptors (Lipinski definition) is 2. The average Bonchev–Trinajstić information content (AvgIpc) is 2.38. The Morgan fingerprint density at radius 2 is 2.05 bits per heavy atom. The first-order valence-electron chi connectivity index (χ1n) is 6.22. The first-order chi connectivity index (χ1) is 9.38. The van der Waals surface area contributed by atoms with Gasteiger partial charge >= 0.3 is 6.09 Å². The van der Waals surface area contributed by atoms with Gasteiger partial charge in [0.2, 0.25) is 0 Å². The lowest BCUT2D eigenvalue weighted by molar-refractivity contribution is -0.0840. The number of hydrogen-bond donors (Lipinski definition) is 2. The number of rotatable bonds is 3. The maximum absolute atomic E-state index is 13.8. The number of carboxylic acid groups (broad SMARTS) is 1. The second-order valence-electron chi connectivity index (χ2n) is 4.81. The summed E-state index contributed by atoms with van der Waals surface area (Å²) in [5.41, 5.74) is 0.697. The summed E-state index contributed by atoms with van der Waals surface area (Å²) in [6, 6.07) is 4.49. The maximum Gasteiger partial charge on any atom is 0.407 e.